The number of nitrogens with zero attached hydrogens (tertiary/aromatic N) is 2. The number of benzene rings is 1. The maximum absolute atomic E-state index is 12.8. The summed E-state index contributed by atoms with van der Waals surface area (Å²) in [6.07, 6.45) is 2.17. The summed E-state index contributed by atoms with van der Waals surface area (Å²) in [4.78, 5) is 48.8. The van der Waals surface area contributed by atoms with E-state index in [2.05, 4.69) is 10.1 Å². The third kappa shape index (κ3) is 5.02. The molecule has 1 fully saturated rings. The SMILES string of the molecule is CCCNC(=O)C1CCCN(C(=O)c2cc(C(=O)OC)cc([N+](=O)[O-])c2)C1. The van der Waals surface area contributed by atoms with E-state index in [9.17, 15) is 24.5 Å². The van der Waals surface area contributed by atoms with Crippen LogP contribution in [-0.2, 0) is 9.53 Å². The van der Waals surface area contributed by atoms with E-state index in [4.69, 9.17) is 0 Å². The number of carbonyl (C=O) groups is 3. The van der Waals surface area contributed by atoms with Crippen molar-refractivity contribution in [3.63, 3.8) is 0 Å². The molecule has 1 atom stereocenters. The predicted octanol–water partition coefficient (Wildman–Crippen LogP) is 1.76. The van der Waals surface area contributed by atoms with Gasteiger partial charge in [-0.05, 0) is 25.3 Å². The summed E-state index contributed by atoms with van der Waals surface area (Å²) < 4.78 is 4.60. The molecule has 1 unspecified atom stereocenters. The monoisotopic (exact) mass is 377 g/mol. The van der Waals surface area contributed by atoms with Gasteiger partial charge in [0, 0.05) is 37.3 Å². The van der Waals surface area contributed by atoms with E-state index < -0.39 is 16.8 Å². The highest BCUT2D eigenvalue weighted by atomic mass is 16.6. The van der Waals surface area contributed by atoms with Crippen LogP contribution >= 0.6 is 0 Å². The van der Waals surface area contributed by atoms with Gasteiger partial charge in [0.1, 0.15) is 0 Å². The van der Waals surface area contributed by atoms with Crippen molar-refractivity contribution in [1.82, 2.24) is 10.2 Å². The lowest BCUT2D eigenvalue weighted by molar-refractivity contribution is -0.384. The highest BCUT2D eigenvalue weighted by molar-refractivity contribution is 5.99. The van der Waals surface area contributed by atoms with Gasteiger partial charge in [-0.25, -0.2) is 4.79 Å². The number of carbonyl (C=O) groups excluding carboxylic acids is 3. The highest BCUT2D eigenvalue weighted by Gasteiger charge is 2.30. The Morgan fingerprint density at radius 3 is 2.63 bits per heavy atom. The van der Waals surface area contributed by atoms with E-state index in [1.54, 1.807) is 0 Å². The Labute approximate surface area is 156 Å². The number of esters is 1. The fraction of sp³-hybridized carbons (Fsp3) is 0.500. The first-order chi connectivity index (χ1) is 12.9. The lowest BCUT2D eigenvalue weighted by Gasteiger charge is -2.32. The van der Waals surface area contributed by atoms with Crippen LogP contribution in [0.1, 0.15) is 46.9 Å². The number of piperidine rings is 1. The molecule has 9 nitrogen and oxygen atoms in total. The third-order valence-electron chi connectivity index (χ3n) is 4.43. The average molecular weight is 377 g/mol. The number of nitrogens with one attached hydrogen (secondary N) is 1. The molecule has 9 heteroatoms. The van der Waals surface area contributed by atoms with Crippen LogP contribution in [-0.4, -0.2) is 54.4 Å². The van der Waals surface area contributed by atoms with Crippen molar-refractivity contribution in [3.05, 3.63) is 39.4 Å². The molecule has 2 amide bonds. The molecule has 0 saturated carbocycles. The molecule has 1 aromatic carbocycles. The Morgan fingerprint density at radius 1 is 1.30 bits per heavy atom. The molecule has 27 heavy (non-hydrogen) atoms. The Balaban J connectivity index is 2.23. The number of ether oxygens (including phenoxy) is 1. The average Bonchev–Trinajstić information content (AvgIpc) is 2.70. The van der Waals surface area contributed by atoms with Crippen molar-refractivity contribution >= 4 is 23.5 Å². The largest absolute Gasteiger partial charge is 0.465 e. The van der Waals surface area contributed by atoms with Crippen LogP contribution in [0.3, 0.4) is 0 Å². The van der Waals surface area contributed by atoms with Crippen molar-refractivity contribution in [2.45, 2.75) is 26.2 Å². The lowest BCUT2D eigenvalue weighted by atomic mass is 9.96. The predicted molar refractivity (Wildman–Crippen MR) is 96.4 cm³/mol. The van der Waals surface area contributed by atoms with Crippen LogP contribution in [0.2, 0.25) is 0 Å². The van der Waals surface area contributed by atoms with Gasteiger partial charge in [-0.3, -0.25) is 19.7 Å². The van der Waals surface area contributed by atoms with Crippen molar-refractivity contribution in [1.29, 1.82) is 0 Å². The second-order valence-corrected chi connectivity index (χ2v) is 6.40. The number of hydrogen-bond acceptors (Lipinski definition) is 6. The van der Waals surface area contributed by atoms with E-state index in [0.717, 1.165) is 25.7 Å². The summed E-state index contributed by atoms with van der Waals surface area (Å²) in [5.41, 5.74) is -0.404. The Kier molecular flexibility index (Phi) is 6.86. The number of nitro benzene ring substituents is 1. The Bertz CT molecular complexity index is 749. The minimum Gasteiger partial charge on any atom is -0.465 e. The fourth-order valence-electron chi connectivity index (χ4n) is 3.03. The van der Waals surface area contributed by atoms with Crippen molar-refractivity contribution < 1.29 is 24.0 Å². The van der Waals surface area contributed by atoms with Gasteiger partial charge in [-0.2, -0.15) is 0 Å². The zero-order valence-corrected chi connectivity index (χ0v) is 15.4. The summed E-state index contributed by atoms with van der Waals surface area (Å²) in [6.45, 7) is 3.23. The summed E-state index contributed by atoms with van der Waals surface area (Å²) in [7, 11) is 1.16. The van der Waals surface area contributed by atoms with Gasteiger partial charge in [0.15, 0.2) is 0 Å². The number of non-ortho nitro benzene ring substituents is 1. The zero-order chi connectivity index (χ0) is 20.0. The van der Waals surface area contributed by atoms with Gasteiger partial charge in [0.2, 0.25) is 5.91 Å². The lowest BCUT2D eigenvalue weighted by Crippen LogP contribution is -2.45. The highest BCUT2D eigenvalue weighted by Crippen LogP contribution is 2.23. The minimum absolute atomic E-state index is 0.0271. The molecule has 1 aliphatic heterocycles. The van der Waals surface area contributed by atoms with E-state index >= 15 is 0 Å². The molecular weight excluding hydrogens is 354 g/mol. The molecule has 1 saturated heterocycles. The van der Waals surface area contributed by atoms with Crippen LogP contribution in [0, 0.1) is 16.0 Å². The molecule has 1 aliphatic rings. The maximum atomic E-state index is 12.8. The second-order valence-electron chi connectivity index (χ2n) is 6.40. The number of hydrogen-bond donors (Lipinski definition) is 1. The zero-order valence-electron chi connectivity index (χ0n) is 15.4. The van der Waals surface area contributed by atoms with Gasteiger partial charge >= 0.3 is 5.97 Å². The minimum atomic E-state index is -0.761. The second kappa shape index (κ2) is 9.11. The summed E-state index contributed by atoms with van der Waals surface area (Å²) in [5.74, 6) is -1.61. The van der Waals surface area contributed by atoms with Crippen molar-refractivity contribution in [2.24, 2.45) is 5.92 Å². The molecule has 0 bridgehead atoms. The fourth-order valence-corrected chi connectivity index (χ4v) is 3.03. The first-order valence-electron chi connectivity index (χ1n) is 8.82. The number of amides is 2. The van der Waals surface area contributed by atoms with Gasteiger partial charge in [0.25, 0.3) is 11.6 Å². The van der Waals surface area contributed by atoms with Crippen LogP contribution in [0.4, 0.5) is 5.69 Å². The van der Waals surface area contributed by atoms with E-state index in [0.29, 0.717) is 25.9 Å². The number of likely N-dealkylation sites (tertiary alicyclic amines) is 1. The first-order valence-corrected chi connectivity index (χ1v) is 8.82. The molecule has 0 radical (unpaired) electrons. The summed E-state index contributed by atoms with van der Waals surface area (Å²) in [5, 5.41) is 14.0. The van der Waals surface area contributed by atoms with Crippen LogP contribution < -0.4 is 5.32 Å². The molecule has 1 aromatic rings. The van der Waals surface area contributed by atoms with Gasteiger partial charge in [0.05, 0.1) is 23.5 Å². The number of rotatable bonds is 6. The molecular formula is C18H23N3O6. The van der Waals surface area contributed by atoms with E-state index in [-0.39, 0.29) is 35.2 Å². The standard InChI is InChI=1S/C18H23N3O6/c1-3-6-19-16(22)12-5-4-7-20(11-12)17(23)13-8-14(18(24)27-2)10-15(9-13)21(25)26/h8-10,12H,3-7,11H2,1-2H3,(H,19,22). The van der Waals surface area contributed by atoms with E-state index in [1.165, 1.54) is 11.0 Å². The summed E-state index contributed by atoms with van der Waals surface area (Å²) in [6, 6.07) is 3.48. The van der Waals surface area contributed by atoms with Gasteiger partial charge < -0.3 is 15.0 Å². The summed E-state index contributed by atoms with van der Waals surface area (Å²) >= 11 is 0. The quantitative estimate of drug-likeness (QED) is 0.458. The molecule has 0 aliphatic carbocycles. The molecule has 0 spiro atoms. The van der Waals surface area contributed by atoms with E-state index in [1.807, 2.05) is 6.92 Å². The third-order valence-corrected chi connectivity index (χ3v) is 4.43. The van der Waals surface area contributed by atoms with Gasteiger partial charge in [-0.15, -0.1) is 0 Å². The number of nitro groups is 1. The molecule has 0 aromatic heterocycles. The molecule has 1 N–H and O–H groups in total. The topological polar surface area (TPSA) is 119 Å². The molecule has 2 rings (SSSR count). The van der Waals surface area contributed by atoms with Crippen molar-refractivity contribution in [2.75, 3.05) is 26.7 Å². The van der Waals surface area contributed by atoms with Crippen LogP contribution in [0.25, 0.3) is 0 Å². The Morgan fingerprint density at radius 2 is 2.00 bits per heavy atom. The first kappa shape index (κ1) is 20.3. The molecule has 1 heterocycles. The maximum Gasteiger partial charge on any atom is 0.338 e. The molecule has 146 valence electrons. The van der Waals surface area contributed by atoms with Crippen LogP contribution in [0.15, 0.2) is 18.2 Å². The van der Waals surface area contributed by atoms with Gasteiger partial charge in [-0.1, -0.05) is 6.92 Å². The van der Waals surface area contributed by atoms with Crippen LogP contribution in [0.5, 0.6) is 0 Å². The normalized spacial score (nSPS) is 16.5. The Hall–Kier alpha value is -2.97. The number of methoxy groups -OCH3 is 1. The van der Waals surface area contributed by atoms with Crippen molar-refractivity contribution in [3.8, 4) is 0 Å². The smallest absolute Gasteiger partial charge is 0.338 e.